The van der Waals surface area contributed by atoms with Gasteiger partial charge in [-0.1, -0.05) is 12.1 Å². The second-order valence-corrected chi connectivity index (χ2v) is 8.10. The highest BCUT2D eigenvalue weighted by atomic mass is 16.6. The minimum absolute atomic E-state index is 0.128. The van der Waals surface area contributed by atoms with E-state index in [0.717, 1.165) is 68.4 Å². The van der Waals surface area contributed by atoms with Crippen molar-refractivity contribution in [2.24, 2.45) is 0 Å². The first kappa shape index (κ1) is 19.2. The fraction of sp³-hybridized carbons (Fsp3) is 0.478. The number of pyridine rings is 1. The molecular weight excluding hydrogens is 380 g/mol. The largest absolute Gasteiger partial charge is 0.486 e. The maximum atomic E-state index is 13.1. The number of amides is 1. The number of carbonyl (C=O) groups excluding carboxylic acids is 1. The Hall–Kier alpha value is -2.80. The van der Waals surface area contributed by atoms with Gasteiger partial charge in [0.1, 0.15) is 19.0 Å². The SMILES string of the molecule is O=C(CN1CCN(c2ccccn2)CC1)N1CCC[C@H]1c1ccc2c(c1)OCCO2. The van der Waals surface area contributed by atoms with Crippen molar-refractivity contribution in [3.05, 3.63) is 48.2 Å². The minimum Gasteiger partial charge on any atom is -0.486 e. The quantitative estimate of drug-likeness (QED) is 0.774. The summed E-state index contributed by atoms with van der Waals surface area (Å²) in [7, 11) is 0. The topological polar surface area (TPSA) is 58.1 Å². The van der Waals surface area contributed by atoms with Gasteiger partial charge in [-0.2, -0.15) is 0 Å². The van der Waals surface area contributed by atoms with E-state index in [4.69, 9.17) is 9.47 Å². The molecule has 4 heterocycles. The molecule has 158 valence electrons. The Morgan fingerprint density at radius 2 is 1.83 bits per heavy atom. The smallest absolute Gasteiger partial charge is 0.237 e. The van der Waals surface area contributed by atoms with Crippen LogP contribution in [0.15, 0.2) is 42.6 Å². The predicted octanol–water partition coefficient (Wildman–Crippen LogP) is 2.34. The zero-order valence-corrected chi connectivity index (χ0v) is 17.2. The lowest BCUT2D eigenvalue weighted by Gasteiger charge is -2.36. The molecule has 5 rings (SSSR count). The van der Waals surface area contributed by atoms with Gasteiger partial charge in [-0.3, -0.25) is 9.69 Å². The molecular formula is C23H28N4O3. The van der Waals surface area contributed by atoms with Gasteiger partial charge >= 0.3 is 0 Å². The van der Waals surface area contributed by atoms with Crippen molar-refractivity contribution in [3.63, 3.8) is 0 Å². The molecule has 2 fully saturated rings. The summed E-state index contributed by atoms with van der Waals surface area (Å²) in [5.74, 6) is 2.83. The maximum absolute atomic E-state index is 13.1. The molecule has 0 N–H and O–H groups in total. The Labute approximate surface area is 177 Å². The Morgan fingerprint density at radius 1 is 1.00 bits per heavy atom. The second kappa shape index (κ2) is 8.52. The number of piperazine rings is 1. The Kier molecular flexibility index (Phi) is 5.45. The van der Waals surface area contributed by atoms with Gasteiger partial charge in [0.25, 0.3) is 0 Å². The van der Waals surface area contributed by atoms with Crippen molar-refractivity contribution < 1.29 is 14.3 Å². The molecule has 1 aromatic carbocycles. The molecule has 1 amide bonds. The first-order valence-electron chi connectivity index (χ1n) is 10.9. The van der Waals surface area contributed by atoms with Gasteiger partial charge in [0.2, 0.25) is 5.91 Å². The highest BCUT2D eigenvalue weighted by Crippen LogP contribution is 2.38. The molecule has 1 atom stereocenters. The molecule has 0 bridgehead atoms. The molecule has 3 aliphatic heterocycles. The number of hydrogen-bond donors (Lipinski definition) is 0. The number of ether oxygens (including phenoxy) is 2. The molecule has 0 spiro atoms. The van der Waals surface area contributed by atoms with E-state index in [1.165, 1.54) is 0 Å². The fourth-order valence-corrected chi connectivity index (χ4v) is 4.64. The van der Waals surface area contributed by atoms with Gasteiger partial charge < -0.3 is 19.3 Å². The summed E-state index contributed by atoms with van der Waals surface area (Å²) in [6.45, 7) is 6.03. The highest BCUT2D eigenvalue weighted by Gasteiger charge is 2.32. The second-order valence-electron chi connectivity index (χ2n) is 8.10. The first-order valence-corrected chi connectivity index (χ1v) is 10.9. The summed E-state index contributed by atoms with van der Waals surface area (Å²) in [6, 6.07) is 12.2. The minimum atomic E-state index is 0.128. The van der Waals surface area contributed by atoms with Gasteiger partial charge in [0, 0.05) is 38.9 Å². The van der Waals surface area contributed by atoms with Crippen LogP contribution in [0.2, 0.25) is 0 Å². The molecule has 7 nitrogen and oxygen atoms in total. The number of carbonyl (C=O) groups is 1. The Morgan fingerprint density at radius 3 is 2.63 bits per heavy atom. The van der Waals surface area contributed by atoms with E-state index in [0.29, 0.717) is 19.8 Å². The van der Waals surface area contributed by atoms with Crippen LogP contribution in [0, 0.1) is 0 Å². The van der Waals surface area contributed by atoms with Crippen LogP contribution in [0.5, 0.6) is 11.5 Å². The standard InChI is InChI=1S/C23H28N4O3/c28-23(17-25-10-12-26(13-11-25)22-5-1-2-8-24-22)27-9-3-4-19(27)18-6-7-20-21(16-18)30-15-14-29-20/h1-2,5-8,16,19H,3-4,9-15,17H2/t19-/m0/s1. The van der Waals surface area contributed by atoms with Crippen molar-refractivity contribution in [1.82, 2.24) is 14.8 Å². The van der Waals surface area contributed by atoms with Gasteiger partial charge in [0.05, 0.1) is 12.6 Å². The fourth-order valence-electron chi connectivity index (χ4n) is 4.64. The van der Waals surface area contributed by atoms with Crippen molar-refractivity contribution in [1.29, 1.82) is 0 Å². The molecule has 3 aliphatic rings. The number of likely N-dealkylation sites (tertiary alicyclic amines) is 1. The first-order chi connectivity index (χ1) is 14.8. The summed E-state index contributed by atoms with van der Waals surface area (Å²) in [5.41, 5.74) is 1.14. The third-order valence-electron chi connectivity index (χ3n) is 6.23. The van der Waals surface area contributed by atoms with Crippen LogP contribution < -0.4 is 14.4 Å². The molecule has 2 saturated heterocycles. The van der Waals surface area contributed by atoms with Crippen molar-refractivity contribution in [2.75, 3.05) is 57.4 Å². The predicted molar refractivity (Wildman–Crippen MR) is 114 cm³/mol. The average Bonchev–Trinajstić information content (AvgIpc) is 3.30. The Bertz CT molecular complexity index is 883. The Balaban J connectivity index is 1.20. The number of aromatic nitrogens is 1. The monoisotopic (exact) mass is 408 g/mol. The number of rotatable bonds is 4. The lowest BCUT2D eigenvalue weighted by molar-refractivity contribution is -0.133. The summed E-state index contributed by atoms with van der Waals surface area (Å²) >= 11 is 0. The molecule has 1 aromatic heterocycles. The van der Waals surface area contributed by atoms with Gasteiger partial charge in [-0.25, -0.2) is 4.98 Å². The molecule has 30 heavy (non-hydrogen) atoms. The van der Waals surface area contributed by atoms with E-state index in [-0.39, 0.29) is 11.9 Å². The highest BCUT2D eigenvalue weighted by molar-refractivity contribution is 5.79. The van der Waals surface area contributed by atoms with E-state index >= 15 is 0 Å². The van der Waals surface area contributed by atoms with Crippen molar-refractivity contribution in [3.8, 4) is 11.5 Å². The maximum Gasteiger partial charge on any atom is 0.237 e. The third kappa shape index (κ3) is 3.94. The number of fused-ring (bicyclic) bond motifs is 1. The lowest BCUT2D eigenvalue weighted by Crippen LogP contribution is -2.50. The molecule has 0 aliphatic carbocycles. The number of anilines is 1. The van der Waals surface area contributed by atoms with Gasteiger partial charge in [-0.15, -0.1) is 0 Å². The van der Waals surface area contributed by atoms with Crippen LogP contribution in [0.4, 0.5) is 5.82 Å². The molecule has 0 unspecified atom stereocenters. The molecule has 0 radical (unpaired) electrons. The van der Waals surface area contributed by atoms with Crippen molar-refractivity contribution >= 4 is 11.7 Å². The van der Waals surface area contributed by atoms with E-state index in [2.05, 4.69) is 31.8 Å². The van der Waals surface area contributed by atoms with Crippen LogP contribution in [0.25, 0.3) is 0 Å². The summed E-state index contributed by atoms with van der Waals surface area (Å²) < 4.78 is 11.4. The van der Waals surface area contributed by atoms with E-state index in [1.807, 2.05) is 30.5 Å². The third-order valence-corrected chi connectivity index (χ3v) is 6.23. The van der Waals surface area contributed by atoms with Gasteiger partial charge in [0.15, 0.2) is 11.5 Å². The summed E-state index contributed by atoms with van der Waals surface area (Å²) in [6.07, 6.45) is 3.87. The number of hydrogen-bond acceptors (Lipinski definition) is 6. The van der Waals surface area contributed by atoms with Crippen LogP contribution in [0.1, 0.15) is 24.4 Å². The number of nitrogens with zero attached hydrogens (tertiary/aromatic N) is 4. The van der Waals surface area contributed by atoms with E-state index in [1.54, 1.807) is 0 Å². The number of benzene rings is 1. The molecule has 7 heteroatoms. The summed E-state index contributed by atoms with van der Waals surface area (Å²) in [4.78, 5) is 24.2. The van der Waals surface area contributed by atoms with Crippen LogP contribution in [-0.4, -0.2) is 73.2 Å². The average molecular weight is 409 g/mol. The zero-order valence-electron chi connectivity index (χ0n) is 17.2. The van der Waals surface area contributed by atoms with Crippen LogP contribution in [0.3, 0.4) is 0 Å². The normalized spacial score (nSPS) is 21.7. The molecule has 2 aromatic rings. The van der Waals surface area contributed by atoms with Gasteiger partial charge in [-0.05, 0) is 42.7 Å². The van der Waals surface area contributed by atoms with E-state index < -0.39 is 0 Å². The van der Waals surface area contributed by atoms with Crippen LogP contribution in [-0.2, 0) is 4.79 Å². The van der Waals surface area contributed by atoms with E-state index in [9.17, 15) is 4.79 Å². The summed E-state index contributed by atoms with van der Waals surface area (Å²) in [5, 5.41) is 0. The zero-order chi connectivity index (χ0) is 20.3. The lowest BCUT2D eigenvalue weighted by atomic mass is 10.0. The van der Waals surface area contributed by atoms with Crippen LogP contribution >= 0.6 is 0 Å². The van der Waals surface area contributed by atoms with Crippen molar-refractivity contribution in [2.45, 2.75) is 18.9 Å². The molecule has 0 saturated carbocycles.